The molecule has 2 saturated heterocycles. The lowest BCUT2D eigenvalue weighted by molar-refractivity contribution is -0.266. The smallest absolute Gasteiger partial charge is 0.225 e. The van der Waals surface area contributed by atoms with Crippen molar-refractivity contribution in [2.24, 2.45) is 11.1 Å². The highest BCUT2D eigenvalue weighted by atomic mass is 28.4. The maximum absolute atomic E-state index is 15.3. The largest absolute Gasteiger partial charge is 0.412 e. The van der Waals surface area contributed by atoms with Gasteiger partial charge in [-0.25, -0.2) is 14.4 Å². The summed E-state index contributed by atoms with van der Waals surface area (Å²) in [4.78, 5) is 16.4. The Morgan fingerprint density at radius 2 is 1.78 bits per heavy atom. The third-order valence-electron chi connectivity index (χ3n) is 7.29. The second-order valence-electron chi connectivity index (χ2n) is 11.8. The van der Waals surface area contributed by atoms with Crippen LogP contribution in [0.25, 0.3) is 11.1 Å². The Morgan fingerprint density at radius 1 is 1.14 bits per heavy atom. The van der Waals surface area contributed by atoms with Crippen LogP contribution in [-0.2, 0) is 25.3 Å². The highest BCUT2D eigenvalue weighted by Crippen LogP contribution is 2.37. The molecule has 3 heterocycles. The van der Waals surface area contributed by atoms with Gasteiger partial charge in [0, 0.05) is 35.0 Å². The summed E-state index contributed by atoms with van der Waals surface area (Å²) in [5.41, 5.74) is 2.57. The van der Waals surface area contributed by atoms with E-state index in [-0.39, 0.29) is 23.4 Å². The van der Waals surface area contributed by atoms with Crippen molar-refractivity contribution in [3.8, 4) is 11.1 Å². The molecule has 1 aromatic heterocycles. The van der Waals surface area contributed by atoms with E-state index >= 15 is 4.39 Å². The third-order valence-corrected chi connectivity index (χ3v) is 11.8. The van der Waals surface area contributed by atoms with Crippen molar-refractivity contribution in [1.29, 1.82) is 0 Å². The lowest BCUT2D eigenvalue weighted by Crippen LogP contribution is -2.48. The number of hydrogen-bond acceptors (Lipinski definition) is 8. The summed E-state index contributed by atoms with van der Waals surface area (Å²) in [6, 6.07) is 5.37. The first kappa shape index (κ1) is 27.6. The predicted octanol–water partition coefficient (Wildman–Crippen LogP) is 5.40. The topological polar surface area (TPSA) is 78.3 Å². The highest BCUT2D eigenvalue weighted by molar-refractivity contribution is 6.74. The molecule has 0 unspecified atom stereocenters. The highest BCUT2D eigenvalue weighted by Gasteiger charge is 2.37. The Labute approximate surface area is 220 Å². The van der Waals surface area contributed by atoms with Crippen LogP contribution in [0, 0.1) is 11.7 Å². The van der Waals surface area contributed by atoms with Gasteiger partial charge >= 0.3 is 0 Å². The zero-order valence-electron chi connectivity index (χ0n) is 23.0. The number of anilines is 1. The molecule has 0 amide bonds. The van der Waals surface area contributed by atoms with Crippen LogP contribution in [0.15, 0.2) is 35.7 Å². The van der Waals surface area contributed by atoms with Gasteiger partial charge in [-0.3, -0.25) is 0 Å². The van der Waals surface area contributed by atoms with Gasteiger partial charge in [0.1, 0.15) is 12.4 Å². The van der Waals surface area contributed by atoms with Crippen molar-refractivity contribution < 1.29 is 23.1 Å². The van der Waals surface area contributed by atoms with Gasteiger partial charge in [0.25, 0.3) is 0 Å². The van der Waals surface area contributed by atoms with Crippen molar-refractivity contribution >= 4 is 20.0 Å². The van der Waals surface area contributed by atoms with Crippen molar-refractivity contribution in [2.45, 2.75) is 65.1 Å². The number of hydrogen-bond donors (Lipinski definition) is 0. The normalized spacial score (nSPS) is 18.5. The van der Waals surface area contributed by atoms with E-state index in [9.17, 15) is 0 Å². The lowest BCUT2D eigenvalue weighted by Gasteiger charge is -2.36. The summed E-state index contributed by atoms with van der Waals surface area (Å²) in [5, 5.41) is 4.29. The molecule has 1 aromatic carbocycles. The summed E-state index contributed by atoms with van der Waals surface area (Å²) >= 11 is 0. The Kier molecular flexibility index (Phi) is 8.03. The van der Waals surface area contributed by atoms with Crippen LogP contribution in [0.5, 0.6) is 0 Å². The standard InChI is InChI=1S/C27H39FN4O4Si/c1-26(2,3)37(6,7)36-18-20-9-8-10-23(24(20)28)21-11-29-25(30-12-21)32-13-22(14-32)31-35-17-19-15-33-27(4,5)34-16-19/h8-12,19H,13-18H2,1-7H3. The zero-order valence-corrected chi connectivity index (χ0v) is 24.0. The van der Waals surface area contributed by atoms with Crippen molar-refractivity contribution in [2.75, 3.05) is 37.8 Å². The summed E-state index contributed by atoms with van der Waals surface area (Å²) in [7, 11) is -1.98. The van der Waals surface area contributed by atoms with E-state index in [1.54, 1.807) is 24.5 Å². The van der Waals surface area contributed by atoms with Crippen LogP contribution in [0.1, 0.15) is 40.2 Å². The van der Waals surface area contributed by atoms with Gasteiger partial charge in [-0.2, -0.15) is 0 Å². The molecular weight excluding hydrogens is 491 g/mol. The van der Waals surface area contributed by atoms with Crippen molar-refractivity contribution in [3.63, 3.8) is 0 Å². The van der Waals surface area contributed by atoms with E-state index in [1.165, 1.54) is 0 Å². The Bertz CT molecular complexity index is 1100. The number of halogens is 1. The van der Waals surface area contributed by atoms with E-state index in [0.717, 1.165) is 5.71 Å². The first-order valence-electron chi connectivity index (χ1n) is 12.8. The molecule has 202 valence electrons. The Balaban J connectivity index is 1.30. The van der Waals surface area contributed by atoms with Crippen molar-refractivity contribution in [1.82, 2.24) is 9.97 Å². The predicted molar refractivity (Wildman–Crippen MR) is 144 cm³/mol. The van der Waals surface area contributed by atoms with Crippen LogP contribution >= 0.6 is 0 Å². The number of aromatic nitrogens is 2. The number of benzene rings is 1. The second-order valence-corrected chi connectivity index (χ2v) is 16.6. The summed E-state index contributed by atoms with van der Waals surface area (Å²) in [5.74, 6) is -0.0655. The van der Waals surface area contributed by atoms with Gasteiger partial charge < -0.3 is 23.6 Å². The number of rotatable bonds is 8. The minimum Gasteiger partial charge on any atom is -0.412 e. The van der Waals surface area contributed by atoms with E-state index < -0.39 is 14.1 Å². The Morgan fingerprint density at radius 3 is 2.41 bits per heavy atom. The summed E-state index contributed by atoms with van der Waals surface area (Å²) in [6.45, 7) is 17.8. The van der Waals surface area contributed by atoms with E-state index in [1.807, 2.05) is 24.8 Å². The van der Waals surface area contributed by atoms with Gasteiger partial charge in [-0.15, -0.1) is 0 Å². The molecule has 0 radical (unpaired) electrons. The molecule has 2 aliphatic rings. The molecule has 0 N–H and O–H groups in total. The van der Waals surface area contributed by atoms with Gasteiger partial charge in [-0.1, -0.05) is 44.1 Å². The number of ether oxygens (including phenoxy) is 2. The molecule has 0 saturated carbocycles. The molecule has 10 heteroatoms. The average molecular weight is 531 g/mol. The maximum Gasteiger partial charge on any atom is 0.225 e. The number of nitrogens with zero attached hydrogens (tertiary/aromatic N) is 4. The lowest BCUT2D eigenvalue weighted by atomic mass is 10.1. The maximum atomic E-state index is 15.3. The molecule has 0 aliphatic carbocycles. The molecule has 2 fully saturated rings. The molecular formula is C27H39FN4O4Si. The van der Waals surface area contributed by atoms with Crippen LogP contribution in [0.2, 0.25) is 18.1 Å². The molecule has 2 aromatic rings. The quantitative estimate of drug-likeness (QED) is 0.334. The van der Waals surface area contributed by atoms with Gasteiger partial charge in [0.2, 0.25) is 5.95 Å². The van der Waals surface area contributed by atoms with Crippen LogP contribution < -0.4 is 4.90 Å². The molecule has 4 rings (SSSR count). The molecule has 0 bridgehead atoms. The van der Waals surface area contributed by atoms with Gasteiger partial charge in [-0.05, 0) is 32.0 Å². The Hall–Kier alpha value is -2.40. The van der Waals surface area contributed by atoms with Crippen LogP contribution in [-0.4, -0.2) is 62.7 Å². The van der Waals surface area contributed by atoms with Crippen LogP contribution in [0.4, 0.5) is 10.3 Å². The fourth-order valence-electron chi connectivity index (χ4n) is 3.66. The second kappa shape index (κ2) is 10.8. The van der Waals surface area contributed by atoms with E-state index in [0.29, 0.717) is 55.5 Å². The number of oxime groups is 1. The summed E-state index contributed by atoms with van der Waals surface area (Å²) < 4.78 is 32.8. The zero-order chi connectivity index (χ0) is 26.8. The fourth-order valence-corrected chi connectivity index (χ4v) is 4.61. The van der Waals surface area contributed by atoms with E-state index in [4.69, 9.17) is 18.7 Å². The summed E-state index contributed by atoms with van der Waals surface area (Å²) in [6.07, 6.45) is 3.32. The molecule has 8 nitrogen and oxygen atoms in total. The molecule has 2 aliphatic heterocycles. The van der Waals surface area contributed by atoms with Gasteiger partial charge in [0.15, 0.2) is 14.1 Å². The minimum atomic E-state index is -1.98. The van der Waals surface area contributed by atoms with Gasteiger partial charge in [0.05, 0.1) is 38.6 Å². The molecule has 0 atom stereocenters. The third kappa shape index (κ3) is 6.73. The molecule has 0 spiro atoms. The fraction of sp³-hybridized carbons (Fsp3) is 0.593. The average Bonchev–Trinajstić information content (AvgIpc) is 2.80. The van der Waals surface area contributed by atoms with E-state index in [2.05, 4.69) is 49.0 Å². The monoisotopic (exact) mass is 530 g/mol. The first-order chi connectivity index (χ1) is 17.3. The SMILES string of the molecule is CC1(C)OCC(CON=C2CN(c3ncc(-c4cccc(CO[Si](C)(C)C(C)(C)C)c4F)cn3)C2)CO1. The first-order valence-corrected chi connectivity index (χ1v) is 15.7. The van der Waals surface area contributed by atoms with Crippen LogP contribution in [0.3, 0.4) is 0 Å². The minimum absolute atomic E-state index is 0.0646. The van der Waals surface area contributed by atoms with Crippen molar-refractivity contribution in [3.05, 3.63) is 42.0 Å². The molecule has 37 heavy (non-hydrogen) atoms.